The summed E-state index contributed by atoms with van der Waals surface area (Å²) in [6, 6.07) is 10.1. The van der Waals surface area contributed by atoms with Crippen molar-refractivity contribution in [2.24, 2.45) is 0 Å². The quantitative estimate of drug-likeness (QED) is 0.764. The summed E-state index contributed by atoms with van der Waals surface area (Å²) in [7, 11) is 5.83. The van der Waals surface area contributed by atoms with Gasteiger partial charge in [-0.25, -0.2) is 0 Å². The molecule has 2 nitrogen and oxygen atoms in total. The zero-order valence-electron chi connectivity index (χ0n) is 11.0. The Bertz CT molecular complexity index is 552. The molecule has 0 saturated carbocycles. The fourth-order valence-corrected chi connectivity index (χ4v) is 1.89. The highest BCUT2D eigenvalue weighted by atomic mass is 16.5. The predicted octanol–water partition coefficient (Wildman–Crippen LogP) is 2.38. The molecule has 1 aromatic carbocycles. The van der Waals surface area contributed by atoms with Crippen LogP contribution >= 0.6 is 0 Å². The van der Waals surface area contributed by atoms with E-state index in [4.69, 9.17) is 12.6 Å². The lowest BCUT2D eigenvalue weighted by Gasteiger charge is -2.15. The van der Waals surface area contributed by atoms with Gasteiger partial charge < -0.3 is 4.74 Å². The molecule has 0 bridgehead atoms. The van der Waals surface area contributed by atoms with E-state index in [-0.39, 0.29) is 0 Å². The molecule has 3 heteroatoms. The lowest BCUT2D eigenvalue weighted by Crippen LogP contribution is -2.17. The molecule has 1 aromatic heterocycles. The number of pyridine rings is 1. The maximum Gasteiger partial charge on any atom is 0.144 e. The third kappa shape index (κ3) is 2.56. The molecule has 0 aliphatic rings. The minimum Gasteiger partial charge on any atom is -0.487 e. The number of hydrogen-bond acceptors (Lipinski definition) is 2. The predicted molar refractivity (Wildman–Crippen MR) is 74.6 cm³/mol. The standard InChI is InChI=1S/C15H16BNO/c1-10-11(2)15(16)17-12(3)14(10)18-9-13-7-5-4-6-8-13/h4-8H,9H2,1-3H3. The molecule has 90 valence electrons. The van der Waals surface area contributed by atoms with E-state index in [9.17, 15) is 0 Å². The van der Waals surface area contributed by atoms with E-state index in [1.165, 1.54) is 0 Å². The summed E-state index contributed by atoms with van der Waals surface area (Å²) in [4.78, 5) is 4.30. The van der Waals surface area contributed by atoms with Gasteiger partial charge in [0.25, 0.3) is 0 Å². The third-order valence-electron chi connectivity index (χ3n) is 3.13. The fourth-order valence-electron chi connectivity index (χ4n) is 1.89. The van der Waals surface area contributed by atoms with Crippen LogP contribution in [0.4, 0.5) is 0 Å². The summed E-state index contributed by atoms with van der Waals surface area (Å²) in [6.45, 7) is 6.45. The van der Waals surface area contributed by atoms with Gasteiger partial charge in [0.1, 0.15) is 20.2 Å². The van der Waals surface area contributed by atoms with Gasteiger partial charge in [-0.1, -0.05) is 30.3 Å². The van der Waals surface area contributed by atoms with Crippen molar-refractivity contribution in [1.29, 1.82) is 0 Å². The number of nitrogens with zero attached hydrogens (tertiary/aromatic N) is 1. The van der Waals surface area contributed by atoms with Crippen molar-refractivity contribution in [1.82, 2.24) is 4.98 Å². The highest BCUT2D eigenvalue weighted by Gasteiger charge is 2.10. The Morgan fingerprint density at radius 2 is 1.72 bits per heavy atom. The topological polar surface area (TPSA) is 22.1 Å². The average molecular weight is 237 g/mol. The van der Waals surface area contributed by atoms with Gasteiger partial charge in [-0.2, -0.15) is 0 Å². The van der Waals surface area contributed by atoms with Crippen LogP contribution in [0.5, 0.6) is 5.75 Å². The summed E-state index contributed by atoms with van der Waals surface area (Å²) in [5.74, 6) is 0.838. The largest absolute Gasteiger partial charge is 0.487 e. The zero-order chi connectivity index (χ0) is 13.1. The van der Waals surface area contributed by atoms with E-state index >= 15 is 0 Å². The third-order valence-corrected chi connectivity index (χ3v) is 3.13. The zero-order valence-corrected chi connectivity index (χ0v) is 11.0. The van der Waals surface area contributed by atoms with E-state index in [1.54, 1.807) is 0 Å². The molecule has 0 unspecified atom stereocenters. The van der Waals surface area contributed by atoms with E-state index in [2.05, 4.69) is 4.98 Å². The normalized spacial score (nSPS) is 10.4. The van der Waals surface area contributed by atoms with Crippen molar-refractivity contribution in [2.75, 3.05) is 0 Å². The summed E-state index contributed by atoms with van der Waals surface area (Å²) >= 11 is 0. The summed E-state index contributed by atoms with van der Waals surface area (Å²) in [5.41, 5.74) is 4.62. The van der Waals surface area contributed by atoms with Gasteiger partial charge in [-0.3, -0.25) is 4.98 Å². The number of ether oxygens (including phenoxy) is 1. The van der Waals surface area contributed by atoms with Crippen molar-refractivity contribution in [3.05, 3.63) is 52.7 Å². The van der Waals surface area contributed by atoms with Gasteiger partial charge in [0.05, 0.1) is 5.69 Å². The molecule has 2 aromatic rings. The molecule has 2 rings (SSSR count). The maximum absolute atomic E-state index is 5.87. The number of rotatable bonds is 3. The van der Waals surface area contributed by atoms with Crippen LogP contribution in [0.1, 0.15) is 22.4 Å². The molecular formula is C15H16BNO. The summed E-state index contributed by atoms with van der Waals surface area (Å²) in [5, 5.41) is 0. The lowest BCUT2D eigenvalue weighted by atomic mass is 9.94. The Balaban J connectivity index is 2.22. The van der Waals surface area contributed by atoms with Gasteiger partial charge in [0, 0.05) is 0 Å². The molecule has 0 aliphatic carbocycles. The van der Waals surface area contributed by atoms with Crippen molar-refractivity contribution >= 4 is 13.4 Å². The second kappa shape index (κ2) is 5.26. The Morgan fingerprint density at radius 1 is 1.06 bits per heavy atom. The van der Waals surface area contributed by atoms with Gasteiger partial charge in [0.15, 0.2) is 0 Å². The fraction of sp³-hybridized carbons (Fsp3) is 0.267. The summed E-state index contributed by atoms with van der Waals surface area (Å²) in [6.07, 6.45) is 0. The molecule has 0 saturated heterocycles. The van der Waals surface area contributed by atoms with E-state index in [0.717, 1.165) is 28.1 Å². The van der Waals surface area contributed by atoms with Gasteiger partial charge in [-0.05, 0) is 43.1 Å². The second-order valence-corrected chi connectivity index (χ2v) is 4.44. The highest BCUT2D eigenvalue weighted by Crippen LogP contribution is 2.23. The number of benzene rings is 1. The SMILES string of the molecule is [B]c1nc(C)c(OCc2ccccc2)c(C)c1C. The minimum atomic E-state index is 0.549. The average Bonchev–Trinajstić information content (AvgIpc) is 2.37. The molecule has 0 fully saturated rings. The van der Waals surface area contributed by atoms with Crippen LogP contribution in [0, 0.1) is 20.8 Å². The maximum atomic E-state index is 5.87. The molecule has 0 amide bonds. The highest BCUT2D eigenvalue weighted by molar-refractivity contribution is 6.31. The van der Waals surface area contributed by atoms with Crippen LogP contribution in [-0.4, -0.2) is 12.8 Å². The van der Waals surface area contributed by atoms with Gasteiger partial charge >= 0.3 is 0 Å². The van der Waals surface area contributed by atoms with Crippen LogP contribution < -0.4 is 10.3 Å². The Labute approximate surface area is 109 Å². The van der Waals surface area contributed by atoms with Gasteiger partial charge in [-0.15, -0.1) is 0 Å². The first-order valence-corrected chi connectivity index (χ1v) is 5.99. The first-order chi connectivity index (χ1) is 8.59. The van der Waals surface area contributed by atoms with Crippen LogP contribution in [-0.2, 0) is 6.61 Å². The van der Waals surface area contributed by atoms with Gasteiger partial charge in [0.2, 0.25) is 0 Å². The number of aromatic nitrogens is 1. The van der Waals surface area contributed by atoms with Crippen LogP contribution in [0.15, 0.2) is 30.3 Å². The first-order valence-electron chi connectivity index (χ1n) is 5.99. The van der Waals surface area contributed by atoms with Crippen LogP contribution in [0.2, 0.25) is 0 Å². The molecule has 0 N–H and O–H groups in total. The van der Waals surface area contributed by atoms with Crippen LogP contribution in [0.25, 0.3) is 0 Å². The lowest BCUT2D eigenvalue weighted by molar-refractivity contribution is 0.300. The molecule has 0 atom stereocenters. The van der Waals surface area contributed by atoms with E-state index in [0.29, 0.717) is 12.2 Å². The Kier molecular flexibility index (Phi) is 3.70. The molecule has 18 heavy (non-hydrogen) atoms. The van der Waals surface area contributed by atoms with Crippen molar-refractivity contribution in [3.8, 4) is 5.75 Å². The smallest absolute Gasteiger partial charge is 0.144 e. The second-order valence-electron chi connectivity index (χ2n) is 4.44. The molecule has 2 radical (unpaired) electrons. The molecule has 1 heterocycles. The van der Waals surface area contributed by atoms with Crippen molar-refractivity contribution < 1.29 is 4.74 Å². The Hall–Kier alpha value is -1.77. The number of aryl methyl sites for hydroxylation is 1. The monoisotopic (exact) mass is 237 g/mol. The molecule has 0 spiro atoms. The van der Waals surface area contributed by atoms with Crippen LogP contribution in [0.3, 0.4) is 0 Å². The van der Waals surface area contributed by atoms with E-state index in [1.807, 2.05) is 51.1 Å². The molecule has 0 aliphatic heterocycles. The van der Waals surface area contributed by atoms with E-state index < -0.39 is 0 Å². The van der Waals surface area contributed by atoms with Crippen molar-refractivity contribution in [2.45, 2.75) is 27.4 Å². The summed E-state index contributed by atoms with van der Waals surface area (Å²) < 4.78 is 5.87. The molecular weight excluding hydrogens is 221 g/mol. The Morgan fingerprint density at radius 3 is 2.39 bits per heavy atom. The van der Waals surface area contributed by atoms with Crippen molar-refractivity contribution in [3.63, 3.8) is 0 Å². The minimum absolute atomic E-state index is 0.549. The number of hydrogen-bond donors (Lipinski definition) is 0. The first kappa shape index (κ1) is 12.7.